The Bertz CT molecular complexity index is 295. The Kier molecular flexibility index (Phi) is 3.20. The van der Waals surface area contributed by atoms with Gasteiger partial charge in [0.2, 0.25) is 0 Å². The summed E-state index contributed by atoms with van der Waals surface area (Å²) in [5, 5.41) is 2.29. The van der Waals surface area contributed by atoms with Crippen molar-refractivity contribution in [3.05, 3.63) is 35.9 Å². The number of hydrogen-bond donors (Lipinski definition) is 1. The van der Waals surface area contributed by atoms with E-state index in [0.717, 1.165) is 0 Å². The number of carbonyl (C=O) groups is 1. The summed E-state index contributed by atoms with van der Waals surface area (Å²) in [6.07, 6.45) is 1.50. The van der Waals surface area contributed by atoms with Crippen LogP contribution in [0.2, 0.25) is 0 Å². The highest BCUT2D eigenvalue weighted by Crippen LogP contribution is 2.02. The molecule has 1 amide bonds. The summed E-state index contributed by atoms with van der Waals surface area (Å²) < 4.78 is 0. The van der Waals surface area contributed by atoms with E-state index in [1.807, 2.05) is 6.07 Å². The quantitative estimate of drug-likeness (QED) is 0.547. The number of carbonyl (C=O) groups excluding carboxylic acids is 2. The summed E-state index contributed by atoms with van der Waals surface area (Å²) >= 11 is 0. The fourth-order valence-electron chi connectivity index (χ4n) is 1.01. The van der Waals surface area contributed by atoms with E-state index < -0.39 is 6.04 Å². The molecule has 1 radical (unpaired) electrons. The summed E-state index contributed by atoms with van der Waals surface area (Å²) in [7, 11) is 0. The Morgan fingerprint density at radius 3 is 2.54 bits per heavy atom. The second-order valence-electron chi connectivity index (χ2n) is 2.70. The summed E-state index contributed by atoms with van der Waals surface area (Å²) in [6, 6.07) is 8.31. The van der Waals surface area contributed by atoms with Crippen molar-refractivity contribution in [3.8, 4) is 0 Å². The molecule has 0 aliphatic rings. The molecular weight excluding hydrogens is 166 g/mol. The second-order valence-corrected chi connectivity index (χ2v) is 2.70. The molecule has 0 saturated carbocycles. The van der Waals surface area contributed by atoms with Gasteiger partial charge in [-0.25, -0.2) is 0 Å². The third-order valence-electron chi connectivity index (χ3n) is 1.73. The van der Waals surface area contributed by atoms with E-state index in [9.17, 15) is 9.59 Å². The molecule has 1 rings (SSSR count). The number of ketones is 1. The fourth-order valence-corrected chi connectivity index (χ4v) is 1.01. The van der Waals surface area contributed by atoms with Gasteiger partial charge < -0.3 is 5.32 Å². The maximum absolute atomic E-state index is 11.5. The highest BCUT2D eigenvalue weighted by Gasteiger charge is 2.13. The van der Waals surface area contributed by atoms with Crippen molar-refractivity contribution in [3.63, 3.8) is 0 Å². The predicted molar refractivity (Wildman–Crippen MR) is 49.1 cm³/mol. The fraction of sp³-hybridized carbons (Fsp3) is 0.200. The molecule has 1 aromatic rings. The summed E-state index contributed by atoms with van der Waals surface area (Å²) in [6.45, 7) is 1.63. The van der Waals surface area contributed by atoms with Gasteiger partial charge in [-0.15, -0.1) is 0 Å². The number of benzene rings is 1. The van der Waals surface area contributed by atoms with E-state index in [-0.39, 0.29) is 5.78 Å². The molecule has 13 heavy (non-hydrogen) atoms. The first-order valence-corrected chi connectivity index (χ1v) is 3.97. The van der Waals surface area contributed by atoms with Gasteiger partial charge in [0.1, 0.15) is 0 Å². The predicted octanol–water partition coefficient (Wildman–Crippen LogP) is 0.915. The van der Waals surface area contributed by atoms with Crippen molar-refractivity contribution in [1.29, 1.82) is 0 Å². The number of amides is 1. The molecule has 67 valence electrons. The Balaban J connectivity index is 2.73. The van der Waals surface area contributed by atoms with Crippen molar-refractivity contribution in [2.24, 2.45) is 0 Å². The Morgan fingerprint density at radius 1 is 1.38 bits per heavy atom. The topological polar surface area (TPSA) is 46.2 Å². The number of rotatable bonds is 4. The zero-order chi connectivity index (χ0) is 9.68. The Labute approximate surface area is 76.8 Å². The first kappa shape index (κ1) is 9.45. The van der Waals surface area contributed by atoms with E-state index in [1.165, 1.54) is 6.41 Å². The molecule has 0 spiro atoms. The van der Waals surface area contributed by atoms with Crippen LogP contribution in [-0.4, -0.2) is 18.2 Å². The molecule has 3 nitrogen and oxygen atoms in total. The van der Waals surface area contributed by atoms with Crippen LogP contribution in [-0.2, 0) is 4.79 Å². The summed E-state index contributed by atoms with van der Waals surface area (Å²) in [5.41, 5.74) is 0.595. The Hall–Kier alpha value is -1.64. The van der Waals surface area contributed by atoms with Gasteiger partial charge in [0.15, 0.2) is 5.78 Å². The molecule has 0 fully saturated rings. The van der Waals surface area contributed by atoms with Crippen molar-refractivity contribution >= 4 is 12.2 Å². The van der Waals surface area contributed by atoms with E-state index in [2.05, 4.69) is 5.32 Å². The lowest BCUT2D eigenvalue weighted by atomic mass is 10.1. The first-order chi connectivity index (χ1) is 6.25. The van der Waals surface area contributed by atoms with Crippen molar-refractivity contribution < 1.29 is 9.59 Å². The van der Waals surface area contributed by atoms with Gasteiger partial charge in [-0.05, 0) is 6.92 Å². The van der Waals surface area contributed by atoms with Gasteiger partial charge in [0, 0.05) is 5.56 Å². The molecular formula is C10H10NO2. The van der Waals surface area contributed by atoms with E-state index >= 15 is 0 Å². The molecule has 1 aromatic carbocycles. The van der Waals surface area contributed by atoms with Crippen molar-refractivity contribution in [1.82, 2.24) is 5.32 Å². The average Bonchev–Trinajstić information content (AvgIpc) is 2.18. The van der Waals surface area contributed by atoms with Gasteiger partial charge in [0.25, 0.3) is 0 Å². The first-order valence-electron chi connectivity index (χ1n) is 3.97. The number of Topliss-reactive ketones (excluding diaryl/α,β-unsaturated/α-hetero) is 1. The maximum Gasteiger partial charge on any atom is 0.309 e. The van der Waals surface area contributed by atoms with Crippen LogP contribution in [0.15, 0.2) is 30.3 Å². The highest BCUT2D eigenvalue weighted by molar-refractivity contribution is 6.00. The van der Waals surface area contributed by atoms with Crippen LogP contribution in [0.4, 0.5) is 0 Å². The second kappa shape index (κ2) is 4.40. The minimum Gasteiger partial charge on any atom is -0.338 e. The van der Waals surface area contributed by atoms with Crippen LogP contribution >= 0.6 is 0 Å². The largest absolute Gasteiger partial charge is 0.338 e. The van der Waals surface area contributed by atoms with Gasteiger partial charge in [-0.2, -0.15) is 0 Å². The van der Waals surface area contributed by atoms with Crippen LogP contribution in [0, 0.1) is 0 Å². The van der Waals surface area contributed by atoms with Gasteiger partial charge in [0.05, 0.1) is 6.04 Å². The lowest BCUT2D eigenvalue weighted by Gasteiger charge is -2.07. The molecule has 0 saturated heterocycles. The van der Waals surface area contributed by atoms with Crippen LogP contribution < -0.4 is 5.32 Å². The molecule has 1 unspecified atom stereocenters. The molecule has 3 heteroatoms. The summed E-state index contributed by atoms with van der Waals surface area (Å²) in [5.74, 6) is -0.107. The normalized spacial score (nSPS) is 11.8. The minimum atomic E-state index is -0.514. The van der Waals surface area contributed by atoms with Crippen LogP contribution in [0.3, 0.4) is 0 Å². The molecule has 0 aromatic heterocycles. The Morgan fingerprint density at radius 2 is 2.00 bits per heavy atom. The third kappa shape index (κ3) is 2.40. The third-order valence-corrected chi connectivity index (χ3v) is 1.73. The molecule has 0 aliphatic carbocycles. The molecule has 0 aliphatic heterocycles. The molecule has 0 bridgehead atoms. The van der Waals surface area contributed by atoms with E-state index in [0.29, 0.717) is 5.56 Å². The monoisotopic (exact) mass is 176 g/mol. The minimum absolute atomic E-state index is 0.107. The zero-order valence-corrected chi connectivity index (χ0v) is 7.28. The van der Waals surface area contributed by atoms with Gasteiger partial charge >= 0.3 is 6.41 Å². The smallest absolute Gasteiger partial charge is 0.309 e. The number of hydrogen-bond acceptors (Lipinski definition) is 2. The molecule has 1 N–H and O–H groups in total. The van der Waals surface area contributed by atoms with E-state index in [4.69, 9.17) is 0 Å². The van der Waals surface area contributed by atoms with Gasteiger partial charge in [-0.1, -0.05) is 30.3 Å². The molecule has 0 heterocycles. The van der Waals surface area contributed by atoms with Crippen LogP contribution in [0.1, 0.15) is 17.3 Å². The number of nitrogens with one attached hydrogen (secondary N) is 1. The lowest BCUT2D eigenvalue weighted by Crippen LogP contribution is -2.32. The van der Waals surface area contributed by atoms with E-state index in [1.54, 1.807) is 31.2 Å². The maximum atomic E-state index is 11.5. The van der Waals surface area contributed by atoms with Crippen LogP contribution in [0.25, 0.3) is 0 Å². The van der Waals surface area contributed by atoms with Crippen molar-refractivity contribution in [2.75, 3.05) is 0 Å². The SMILES string of the molecule is CC(N[C]=O)C(=O)c1ccccc1. The average molecular weight is 176 g/mol. The summed E-state index contributed by atoms with van der Waals surface area (Å²) in [4.78, 5) is 21.5. The zero-order valence-electron chi connectivity index (χ0n) is 7.28. The van der Waals surface area contributed by atoms with Gasteiger partial charge in [-0.3, -0.25) is 9.59 Å². The lowest BCUT2D eigenvalue weighted by molar-refractivity contribution is 0.0959. The highest BCUT2D eigenvalue weighted by atomic mass is 16.1. The van der Waals surface area contributed by atoms with Crippen molar-refractivity contribution in [2.45, 2.75) is 13.0 Å². The standard InChI is InChI=1S/C10H10NO2/c1-8(11-7-12)10(13)9-5-3-2-4-6-9/h2-6,8H,1H3,(H,11,12). The molecule has 1 atom stereocenters. The van der Waals surface area contributed by atoms with Crippen LogP contribution in [0.5, 0.6) is 0 Å².